The Morgan fingerprint density at radius 2 is 2.00 bits per heavy atom. The molecule has 3 aliphatic rings. The molecule has 0 radical (unpaired) electrons. The Kier molecular flexibility index (Phi) is 5.66. The molecule has 0 spiro atoms. The van der Waals surface area contributed by atoms with Crippen LogP contribution in [0.1, 0.15) is 29.2 Å². The molecule has 1 amide bonds. The van der Waals surface area contributed by atoms with Gasteiger partial charge >= 0.3 is 0 Å². The molecule has 35 heavy (non-hydrogen) atoms. The number of nitrogens with one attached hydrogen (secondary N) is 3. The summed E-state index contributed by atoms with van der Waals surface area (Å²) >= 11 is 6.38. The fraction of sp³-hybridized carbons (Fsp3) is 0.458. The van der Waals surface area contributed by atoms with E-state index < -0.39 is 0 Å². The van der Waals surface area contributed by atoms with E-state index in [0.29, 0.717) is 71.6 Å². The Morgan fingerprint density at radius 3 is 2.74 bits per heavy atom. The molecule has 3 N–H and O–H groups in total. The highest BCUT2D eigenvalue weighted by atomic mass is 35.5. The fourth-order valence-corrected chi connectivity index (χ4v) is 5.44. The van der Waals surface area contributed by atoms with Crippen molar-refractivity contribution in [3.05, 3.63) is 51.5 Å². The molecule has 0 bridgehead atoms. The minimum absolute atomic E-state index is 0.0525. The van der Waals surface area contributed by atoms with Crippen molar-refractivity contribution in [3.63, 3.8) is 0 Å². The van der Waals surface area contributed by atoms with E-state index in [4.69, 9.17) is 21.1 Å². The highest BCUT2D eigenvalue weighted by Crippen LogP contribution is 2.44. The minimum atomic E-state index is -0.176. The first-order chi connectivity index (χ1) is 17.0. The number of carbonyl (C=O) groups excluding carboxylic acids is 1. The zero-order valence-corrected chi connectivity index (χ0v) is 20.0. The summed E-state index contributed by atoms with van der Waals surface area (Å²) in [5, 5.41) is 14.3. The predicted molar refractivity (Wildman–Crippen MR) is 132 cm³/mol. The summed E-state index contributed by atoms with van der Waals surface area (Å²) in [6.07, 6.45) is 4.99. The van der Waals surface area contributed by atoms with Crippen molar-refractivity contribution in [2.45, 2.75) is 24.9 Å². The zero-order chi connectivity index (χ0) is 24.1. The van der Waals surface area contributed by atoms with E-state index in [9.17, 15) is 9.59 Å². The van der Waals surface area contributed by atoms with Crippen molar-refractivity contribution in [2.24, 2.45) is 11.8 Å². The number of hydrogen-bond acceptors (Lipinski definition) is 7. The van der Waals surface area contributed by atoms with Crippen LogP contribution in [0.15, 0.2) is 35.4 Å². The van der Waals surface area contributed by atoms with Gasteiger partial charge in [0.2, 0.25) is 0 Å². The van der Waals surface area contributed by atoms with Gasteiger partial charge < -0.3 is 30.0 Å². The second-order valence-electron chi connectivity index (χ2n) is 9.38. The van der Waals surface area contributed by atoms with Gasteiger partial charge in [0.1, 0.15) is 11.5 Å². The van der Waals surface area contributed by atoms with Crippen LogP contribution < -0.4 is 21.5 Å². The van der Waals surface area contributed by atoms with Crippen LogP contribution in [0.3, 0.4) is 0 Å². The predicted octanol–water partition coefficient (Wildman–Crippen LogP) is 2.66. The molecule has 10 nitrogen and oxygen atoms in total. The van der Waals surface area contributed by atoms with Gasteiger partial charge in [-0.15, -0.1) is 0 Å². The summed E-state index contributed by atoms with van der Waals surface area (Å²) in [6.45, 7) is 2.60. The summed E-state index contributed by atoms with van der Waals surface area (Å²) < 4.78 is 14.3. The highest BCUT2D eigenvalue weighted by Gasteiger charge is 2.54. The molecule has 2 saturated heterocycles. The third kappa shape index (κ3) is 4.05. The van der Waals surface area contributed by atoms with Crippen LogP contribution >= 0.6 is 11.6 Å². The number of carbonyl (C=O) groups is 1. The Balaban J connectivity index is 1.32. The lowest BCUT2D eigenvalue weighted by Gasteiger charge is -2.25. The summed E-state index contributed by atoms with van der Waals surface area (Å²) in [6, 6.07) is 5.37. The fourth-order valence-electron chi connectivity index (χ4n) is 5.22. The number of anilines is 3. The number of aromatic nitrogens is 3. The van der Waals surface area contributed by atoms with E-state index in [1.54, 1.807) is 34.6 Å². The molecule has 3 aromatic rings. The van der Waals surface area contributed by atoms with Gasteiger partial charge in [0.05, 0.1) is 48.2 Å². The molecule has 1 aliphatic carbocycles. The average Bonchev–Trinajstić information content (AvgIpc) is 3.22. The van der Waals surface area contributed by atoms with Gasteiger partial charge in [0.15, 0.2) is 0 Å². The van der Waals surface area contributed by atoms with Gasteiger partial charge in [-0.1, -0.05) is 11.6 Å². The van der Waals surface area contributed by atoms with Crippen molar-refractivity contribution in [3.8, 4) is 0 Å². The smallest absolute Gasteiger partial charge is 0.274 e. The third-order valence-corrected chi connectivity index (χ3v) is 7.39. The SMILES string of the molecule is CNc1cc(Nc2cc(Cl)cn(C3CCCOC3)c2=O)cc2c(C(=O)N[C@H]3[C@@H]4COC[C@@H]43)cnn12. The normalized spacial score (nSPS) is 25.3. The van der Waals surface area contributed by atoms with Gasteiger partial charge in [-0.2, -0.15) is 5.10 Å². The first-order valence-electron chi connectivity index (χ1n) is 11.9. The van der Waals surface area contributed by atoms with Crippen LogP contribution in [0.5, 0.6) is 0 Å². The second-order valence-corrected chi connectivity index (χ2v) is 9.82. The Morgan fingerprint density at radius 1 is 1.17 bits per heavy atom. The van der Waals surface area contributed by atoms with Crippen molar-refractivity contribution in [2.75, 3.05) is 44.1 Å². The Hall–Kier alpha value is -3.08. The molecule has 4 atom stereocenters. The maximum Gasteiger partial charge on any atom is 0.274 e. The standard InChI is InChI=1S/C24H27ClN6O4/c1-26-21-7-14(28-19-5-13(25)9-30(24(19)33)15-3-2-4-34-10-15)6-20-16(8-27-31(20)21)23(32)29-22-17-11-35-12-18(17)22/h5-9,15,17-18,22,26,28H,2-4,10-12H2,1H3,(H,29,32)/t15?,17-,18+,22+. The maximum absolute atomic E-state index is 13.3. The van der Waals surface area contributed by atoms with Crippen LogP contribution in [0.4, 0.5) is 17.2 Å². The summed E-state index contributed by atoms with van der Waals surface area (Å²) in [7, 11) is 1.78. The van der Waals surface area contributed by atoms with E-state index in [1.807, 2.05) is 12.1 Å². The van der Waals surface area contributed by atoms with Gasteiger partial charge in [-0.25, -0.2) is 4.52 Å². The summed E-state index contributed by atoms with van der Waals surface area (Å²) in [5.74, 6) is 1.32. The molecule has 3 aromatic heterocycles. The number of amides is 1. The molecular formula is C24H27ClN6O4. The maximum atomic E-state index is 13.3. The van der Waals surface area contributed by atoms with Crippen molar-refractivity contribution in [1.29, 1.82) is 0 Å². The van der Waals surface area contributed by atoms with E-state index >= 15 is 0 Å². The Labute approximate surface area is 206 Å². The van der Waals surface area contributed by atoms with Crippen LogP contribution in [-0.4, -0.2) is 59.6 Å². The highest BCUT2D eigenvalue weighted by molar-refractivity contribution is 6.30. The zero-order valence-electron chi connectivity index (χ0n) is 19.3. The van der Waals surface area contributed by atoms with E-state index in [-0.39, 0.29) is 23.6 Å². The molecule has 3 fully saturated rings. The lowest BCUT2D eigenvalue weighted by Crippen LogP contribution is -2.31. The number of ether oxygens (including phenoxy) is 2. The van der Waals surface area contributed by atoms with E-state index in [2.05, 4.69) is 21.0 Å². The molecule has 2 aliphatic heterocycles. The molecule has 1 saturated carbocycles. The quantitative estimate of drug-likeness (QED) is 0.479. The monoisotopic (exact) mass is 498 g/mol. The van der Waals surface area contributed by atoms with E-state index in [1.165, 1.54) is 0 Å². The Bertz CT molecular complexity index is 1340. The van der Waals surface area contributed by atoms with Gasteiger partial charge in [-0.05, 0) is 25.0 Å². The number of fused-ring (bicyclic) bond motifs is 2. The molecule has 0 aromatic carbocycles. The second kappa shape index (κ2) is 8.85. The number of halogens is 1. The largest absolute Gasteiger partial charge is 0.381 e. The first kappa shape index (κ1) is 22.4. The summed E-state index contributed by atoms with van der Waals surface area (Å²) in [4.78, 5) is 26.3. The lowest BCUT2D eigenvalue weighted by atomic mass is 10.1. The van der Waals surface area contributed by atoms with Crippen LogP contribution in [0, 0.1) is 11.8 Å². The lowest BCUT2D eigenvalue weighted by molar-refractivity contribution is 0.0581. The number of hydrogen-bond donors (Lipinski definition) is 3. The number of pyridine rings is 2. The molecule has 1 unspecified atom stereocenters. The van der Waals surface area contributed by atoms with Crippen molar-refractivity contribution < 1.29 is 14.3 Å². The molecular weight excluding hydrogens is 472 g/mol. The van der Waals surface area contributed by atoms with E-state index in [0.717, 1.165) is 12.8 Å². The minimum Gasteiger partial charge on any atom is -0.381 e. The van der Waals surface area contributed by atoms with Crippen molar-refractivity contribution in [1.82, 2.24) is 19.5 Å². The summed E-state index contributed by atoms with van der Waals surface area (Å²) in [5.41, 5.74) is 1.91. The topological polar surface area (TPSA) is 111 Å². The third-order valence-electron chi connectivity index (χ3n) is 7.19. The van der Waals surface area contributed by atoms with Crippen LogP contribution in [0.25, 0.3) is 5.52 Å². The first-order valence-corrected chi connectivity index (χ1v) is 12.3. The van der Waals surface area contributed by atoms with Crippen LogP contribution in [0.2, 0.25) is 5.02 Å². The van der Waals surface area contributed by atoms with Crippen LogP contribution in [-0.2, 0) is 9.47 Å². The van der Waals surface area contributed by atoms with Gasteiger partial charge in [-0.3, -0.25) is 9.59 Å². The molecule has 11 heteroatoms. The molecule has 184 valence electrons. The molecule has 6 rings (SSSR count). The van der Waals surface area contributed by atoms with Crippen molar-refractivity contribution >= 4 is 40.2 Å². The number of nitrogens with zero attached hydrogens (tertiary/aromatic N) is 3. The molecule has 5 heterocycles. The average molecular weight is 499 g/mol. The van der Waals surface area contributed by atoms with Gasteiger partial charge in [0.25, 0.3) is 11.5 Å². The van der Waals surface area contributed by atoms with Gasteiger partial charge in [0, 0.05) is 49.5 Å². The number of rotatable bonds is 6.